The van der Waals surface area contributed by atoms with Crippen LogP contribution in [0.5, 0.6) is 0 Å². The number of nitrogens with zero attached hydrogens (tertiary/aromatic N) is 1. The number of nitrogens with one attached hydrogen (secondary N) is 1. The van der Waals surface area contributed by atoms with E-state index in [4.69, 9.17) is 5.73 Å². The van der Waals surface area contributed by atoms with Gasteiger partial charge in [0.05, 0.1) is 0 Å². The van der Waals surface area contributed by atoms with Crippen LogP contribution >= 0.6 is 0 Å². The predicted molar refractivity (Wildman–Crippen MR) is 66.1 cm³/mol. The van der Waals surface area contributed by atoms with Gasteiger partial charge in [-0.15, -0.1) is 0 Å². The number of rotatable bonds is 5. The second-order valence-electron chi connectivity index (χ2n) is 5.06. The molecule has 1 unspecified atom stereocenters. The molecule has 0 aromatic heterocycles. The molecule has 4 heteroatoms. The van der Waals surface area contributed by atoms with Crippen molar-refractivity contribution in [2.24, 2.45) is 11.7 Å². The zero-order valence-corrected chi connectivity index (χ0v) is 10.5. The van der Waals surface area contributed by atoms with Gasteiger partial charge in [0.2, 0.25) is 5.91 Å². The molecule has 0 saturated carbocycles. The number of likely N-dealkylation sites (tertiary alicyclic amines) is 1. The SMILES string of the molecule is CC(N)CC(=O)NCCN1CCC(C)CC1. The molecule has 94 valence electrons. The average molecular weight is 227 g/mol. The lowest BCUT2D eigenvalue weighted by atomic mass is 9.99. The topological polar surface area (TPSA) is 58.4 Å². The Balaban J connectivity index is 2.04. The maximum absolute atomic E-state index is 11.3. The van der Waals surface area contributed by atoms with Gasteiger partial charge in [-0.2, -0.15) is 0 Å². The van der Waals surface area contributed by atoms with Crippen molar-refractivity contribution in [1.82, 2.24) is 10.2 Å². The molecule has 0 bridgehead atoms. The minimum absolute atomic E-state index is 0.0455. The molecule has 0 spiro atoms. The van der Waals surface area contributed by atoms with E-state index in [0.717, 1.165) is 19.0 Å². The van der Waals surface area contributed by atoms with E-state index in [-0.39, 0.29) is 11.9 Å². The molecule has 1 heterocycles. The Labute approximate surface area is 98.6 Å². The number of hydrogen-bond donors (Lipinski definition) is 2. The molecule has 1 saturated heterocycles. The van der Waals surface area contributed by atoms with Crippen molar-refractivity contribution in [2.45, 2.75) is 39.2 Å². The molecule has 0 radical (unpaired) electrons. The molecule has 1 fully saturated rings. The zero-order chi connectivity index (χ0) is 12.0. The molecular weight excluding hydrogens is 202 g/mol. The molecule has 4 nitrogen and oxygen atoms in total. The van der Waals surface area contributed by atoms with E-state index in [2.05, 4.69) is 17.1 Å². The lowest BCUT2D eigenvalue weighted by Gasteiger charge is -2.30. The van der Waals surface area contributed by atoms with Crippen molar-refractivity contribution in [1.29, 1.82) is 0 Å². The summed E-state index contributed by atoms with van der Waals surface area (Å²) in [6.07, 6.45) is 3.00. The van der Waals surface area contributed by atoms with E-state index in [9.17, 15) is 4.79 Å². The van der Waals surface area contributed by atoms with Crippen LogP contribution in [0.25, 0.3) is 0 Å². The zero-order valence-electron chi connectivity index (χ0n) is 10.5. The van der Waals surface area contributed by atoms with Gasteiger partial charge in [-0.25, -0.2) is 0 Å². The van der Waals surface area contributed by atoms with Crippen LogP contribution in [0.3, 0.4) is 0 Å². The number of carbonyl (C=O) groups excluding carboxylic acids is 1. The average Bonchev–Trinajstić information content (AvgIpc) is 2.20. The van der Waals surface area contributed by atoms with Gasteiger partial charge in [-0.1, -0.05) is 6.92 Å². The van der Waals surface area contributed by atoms with Crippen LogP contribution in [0.2, 0.25) is 0 Å². The number of nitrogens with two attached hydrogens (primary N) is 1. The molecule has 3 N–H and O–H groups in total. The second-order valence-corrected chi connectivity index (χ2v) is 5.06. The molecule has 1 rings (SSSR count). The summed E-state index contributed by atoms with van der Waals surface area (Å²) < 4.78 is 0. The highest BCUT2D eigenvalue weighted by atomic mass is 16.1. The Kier molecular flexibility index (Phi) is 5.77. The first-order chi connectivity index (χ1) is 7.58. The van der Waals surface area contributed by atoms with Gasteiger partial charge >= 0.3 is 0 Å². The molecule has 0 aromatic rings. The first-order valence-electron chi connectivity index (χ1n) is 6.32. The Morgan fingerprint density at radius 2 is 2.12 bits per heavy atom. The van der Waals surface area contributed by atoms with Gasteiger partial charge in [0.15, 0.2) is 0 Å². The third-order valence-electron chi connectivity index (χ3n) is 3.13. The van der Waals surface area contributed by atoms with Crippen LogP contribution in [0.15, 0.2) is 0 Å². The van der Waals surface area contributed by atoms with Crippen LogP contribution in [0.1, 0.15) is 33.1 Å². The minimum Gasteiger partial charge on any atom is -0.355 e. The van der Waals surface area contributed by atoms with Crippen LogP contribution in [-0.2, 0) is 4.79 Å². The van der Waals surface area contributed by atoms with Crippen LogP contribution in [-0.4, -0.2) is 43.0 Å². The van der Waals surface area contributed by atoms with Gasteiger partial charge in [-0.3, -0.25) is 4.79 Å². The van der Waals surface area contributed by atoms with Crippen molar-refractivity contribution in [3.8, 4) is 0 Å². The Morgan fingerprint density at radius 3 is 2.69 bits per heavy atom. The minimum atomic E-state index is -0.0455. The predicted octanol–water partition coefficient (Wildman–Crippen LogP) is 0.572. The third-order valence-corrected chi connectivity index (χ3v) is 3.13. The first-order valence-corrected chi connectivity index (χ1v) is 6.32. The summed E-state index contributed by atoms with van der Waals surface area (Å²) in [6.45, 7) is 8.22. The molecule has 0 aromatic carbocycles. The molecule has 16 heavy (non-hydrogen) atoms. The molecule has 1 amide bonds. The fourth-order valence-corrected chi connectivity index (χ4v) is 2.00. The second kappa shape index (κ2) is 6.86. The van der Waals surface area contributed by atoms with E-state index in [1.807, 2.05) is 6.92 Å². The third kappa shape index (κ3) is 5.47. The van der Waals surface area contributed by atoms with Gasteiger partial charge in [0, 0.05) is 25.6 Å². The fraction of sp³-hybridized carbons (Fsp3) is 0.917. The van der Waals surface area contributed by atoms with Crippen molar-refractivity contribution in [3.05, 3.63) is 0 Å². The quantitative estimate of drug-likeness (QED) is 0.722. The molecule has 0 aliphatic carbocycles. The van der Waals surface area contributed by atoms with Crippen LogP contribution < -0.4 is 11.1 Å². The number of piperidine rings is 1. The summed E-state index contributed by atoms with van der Waals surface area (Å²) in [6, 6.07) is -0.0455. The Bertz CT molecular complexity index is 210. The van der Waals surface area contributed by atoms with Gasteiger partial charge < -0.3 is 16.0 Å². The molecule has 1 atom stereocenters. The standard InChI is InChI=1S/C12H25N3O/c1-10-3-6-15(7-4-10)8-5-14-12(16)9-11(2)13/h10-11H,3-9,13H2,1-2H3,(H,14,16). The Hall–Kier alpha value is -0.610. The number of hydrogen-bond acceptors (Lipinski definition) is 3. The highest BCUT2D eigenvalue weighted by molar-refractivity contribution is 5.76. The molecule has 1 aliphatic rings. The van der Waals surface area contributed by atoms with Crippen molar-refractivity contribution in [3.63, 3.8) is 0 Å². The summed E-state index contributed by atoms with van der Waals surface area (Å²) in [5.74, 6) is 0.935. The first kappa shape index (κ1) is 13.5. The highest BCUT2D eigenvalue weighted by Gasteiger charge is 2.15. The summed E-state index contributed by atoms with van der Waals surface area (Å²) in [5, 5.41) is 2.91. The maximum Gasteiger partial charge on any atom is 0.221 e. The summed E-state index contributed by atoms with van der Waals surface area (Å²) in [4.78, 5) is 13.8. The van der Waals surface area contributed by atoms with Gasteiger partial charge in [-0.05, 0) is 38.8 Å². The van der Waals surface area contributed by atoms with E-state index in [1.165, 1.54) is 25.9 Å². The van der Waals surface area contributed by atoms with Crippen molar-refractivity contribution in [2.75, 3.05) is 26.2 Å². The molecular formula is C12H25N3O. The number of carbonyl (C=O) groups is 1. The van der Waals surface area contributed by atoms with Crippen molar-refractivity contribution < 1.29 is 4.79 Å². The van der Waals surface area contributed by atoms with Gasteiger partial charge in [0.1, 0.15) is 0 Å². The normalized spacial score (nSPS) is 20.7. The van der Waals surface area contributed by atoms with Crippen LogP contribution in [0.4, 0.5) is 0 Å². The lowest BCUT2D eigenvalue weighted by molar-refractivity contribution is -0.121. The number of amides is 1. The largest absolute Gasteiger partial charge is 0.355 e. The smallest absolute Gasteiger partial charge is 0.221 e. The molecule has 1 aliphatic heterocycles. The van der Waals surface area contributed by atoms with Crippen molar-refractivity contribution >= 4 is 5.91 Å². The monoisotopic (exact) mass is 227 g/mol. The van der Waals surface area contributed by atoms with E-state index in [1.54, 1.807) is 0 Å². The van der Waals surface area contributed by atoms with E-state index >= 15 is 0 Å². The summed E-state index contributed by atoms with van der Waals surface area (Å²) >= 11 is 0. The summed E-state index contributed by atoms with van der Waals surface area (Å²) in [7, 11) is 0. The van der Waals surface area contributed by atoms with Gasteiger partial charge in [0.25, 0.3) is 0 Å². The van der Waals surface area contributed by atoms with Crippen LogP contribution in [0, 0.1) is 5.92 Å². The van der Waals surface area contributed by atoms with E-state index in [0.29, 0.717) is 6.42 Å². The maximum atomic E-state index is 11.3. The highest BCUT2D eigenvalue weighted by Crippen LogP contribution is 2.14. The lowest BCUT2D eigenvalue weighted by Crippen LogP contribution is -2.40. The summed E-state index contributed by atoms with van der Waals surface area (Å²) in [5.41, 5.74) is 5.55. The van der Waals surface area contributed by atoms with E-state index < -0.39 is 0 Å². The Morgan fingerprint density at radius 1 is 1.50 bits per heavy atom. The fourth-order valence-electron chi connectivity index (χ4n) is 2.00.